The second kappa shape index (κ2) is 3.82. The number of halogens is 1. The van der Waals surface area contributed by atoms with Gasteiger partial charge in [0.2, 0.25) is 0 Å². The van der Waals surface area contributed by atoms with Crippen molar-refractivity contribution in [2.75, 3.05) is 0 Å². The maximum atomic E-state index is 4.18. The summed E-state index contributed by atoms with van der Waals surface area (Å²) in [5.41, 5.74) is 1.38. The van der Waals surface area contributed by atoms with Gasteiger partial charge in [0, 0.05) is 18.1 Å². The van der Waals surface area contributed by atoms with E-state index >= 15 is 0 Å². The fourth-order valence-corrected chi connectivity index (χ4v) is 2.90. The van der Waals surface area contributed by atoms with E-state index in [-0.39, 0.29) is 0 Å². The number of alkyl halides is 1. The van der Waals surface area contributed by atoms with Crippen molar-refractivity contribution in [1.82, 2.24) is 9.78 Å². The van der Waals surface area contributed by atoms with Gasteiger partial charge in [-0.05, 0) is 37.2 Å². The van der Waals surface area contributed by atoms with Gasteiger partial charge in [-0.25, -0.2) is 0 Å². The average molecular weight is 243 g/mol. The van der Waals surface area contributed by atoms with Crippen molar-refractivity contribution >= 4 is 15.9 Å². The number of hydrogen-bond donors (Lipinski definition) is 0. The van der Waals surface area contributed by atoms with E-state index in [1.54, 1.807) is 0 Å². The summed E-state index contributed by atoms with van der Waals surface area (Å²) in [5, 5.41) is 4.18. The Morgan fingerprint density at radius 1 is 1.62 bits per heavy atom. The van der Waals surface area contributed by atoms with Gasteiger partial charge in [-0.3, -0.25) is 4.68 Å². The lowest BCUT2D eigenvalue weighted by Crippen LogP contribution is -1.99. The lowest BCUT2D eigenvalue weighted by molar-refractivity contribution is 0.548. The smallest absolute Gasteiger partial charge is 0.0521 e. The van der Waals surface area contributed by atoms with Crippen LogP contribution in [0.15, 0.2) is 12.4 Å². The van der Waals surface area contributed by atoms with Gasteiger partial charge in [-0.15, -0.1) is 0 Å². The van der Waals surface area contributed by atoms with Gasteiger partial charge in [-0.1, -0.05) is 15.9 Å². The first-order valence-corrected chi connectivity index (χ1v) is 5.77. The number of nitrogens with zero attached hydrogens (tertiary/aromatic N) is 2. The Morgan fingerprint density at radius 3 is 3.00 bits per heavy atom. The van der Waals surface area contributed by atoms with E-state index in [1.165, 1.54) is 31.2 Å². The van der Waals surface area contributed by atoms with E-state index in [4.69, 9.17) is 0 Å². The van der Waals surface area contributed by atoms with Crippen molar-refractivity contribution in [3.63, 3.8) is 0 Å². The topological polar surface area (TPSA) is 17.8 Å². The van der Waals surface area contributed by atoms with Gasteiger partial charge >= 0.3 is 0 Å². The highest BCUT2D eigenvalue weighted by molar-refractivity contribution is 9.09. The second-order valence-electron chi connectivity index (χ2n) is 4.00. The van der Waals surface area contributed by atoms with E-state index in [0.29, 0.717) is 0 Å². The van der Waals surface area contributed by atoms with Crippen LogP contribution in [0.3, 0.4) is 0 Å². The fourth-order valence-electron chi connectivity index (χ4n) is 2.11. The summed E-state index contributed by atoms with van der Waals surface area (Å²) in [5.74, 6) is 0.869. The van der Waals surface area contributed by atoms with Crippen LogP contribution in [-0.4, -0.2) is 14.6 Å². The molecule has 13 heavy (non-hydrogen) atoms. The van der Waals surface area contributed by atoms with Gasteiger partial charge in [-0.2, -0.15) is 5.10 Å². The first-order valence-electron chi connectivity index (χ1n) is 4.85. The molecular weight excluding hydrogens is 228 g/mol. The molecule has 1 aliphatic carbocycles. The van der Waals surface area contributed by atoms with Crippen molar-refractivity contribution in [2.45, 2.75) is 30.5 Å². The predicted molar refractivity (Wildman–Crippen MR) is 57.0 cm³/mol. The minimum absolute atomic E-state index is 0.758. The zero-order valence-electron chi connectivity index (χ0n) is 7.91. The highest BCUT2D eigenvalue weighted by atomic mass is 79.9. The molecule has 0 spiro atoms. The van der Waals surface area contributed by atoms with Crippen LogP contribution in [0.25, 0.3) is 0 Å². The highest BCUT2D eigenvalue weighted by Gasteiger charge is 2.22. The Labute approximate surface area is 87.5 Å². The van der Waals surface area contributed by atoms with Crippen LogP contribution in [0, 0.1) is 5.92 Å². The molecule has 1 fully saturated rings. The lowest BCUT2D eigenvalue weighted by Gasteiger charge is -2.05. The largest absolute Gasteiger partial charge is 0.276 e. The molecule has 2 atom stereocenters. The molecule has 2 rings (SSSR count). The van der Waals surface area contributed by atoms with Crippen LogP contribution < -0.4 is 0 Å². The number of rotatable bonds is 2. The molecule has 0 aliphatic heterocycles. The van der Waals surface area contributed by atoms with E-state index < -0.39 is 0 Å². The monoisotopic (exact) mass is 242 g/mol. The lowest BCUT2D eigenvalue weighted by atomic mass is 10.0. The SMILES string of the molecule is Cn1cc(CC2CCC(Br)C2)cn1. The van der Waals surface area contributed by atoms with Crippen molar-refractivity contribution in [1.29, 1.82) is 0 Å². The number of aryl methyl sites for hydroxylation is 1. The van der Waals surface area contributed by atoms with Crippen LogP contribution in [-0.2, 0) is 13.5 Å². The Bertz CT molecular complexity index is 282. The van der Waals surface area contributed by atoms with Crippen LogP contribution in [0.2, 0.25) is 0 Å². The van der Waals surface area contributed by atoms with E-state index in [0.717, 1.165) is 10.7 Å². The maximum absolute atomic E-state index is 4.18. The fraction of sp³-hybridized carbons (Fsp3) is 0.700. The second-order valence-corrected chi connectivity index (χ2v) is 5.30. The Kier molecular flexibility index (Phi) is 2.72. The molecule has 1 aliphatic rings. The molecule has 2 nitrogen and oxygen atoms in total. The van der Waals surface area contributed by atoms with Crippen molar-refractivity contribution in [2.24, 2.45) is 13.0 Å². The van der Waals surface area contributed by atoms with E-state index in [9.17, 15) is 0 Å². The molecule has 0 N–H and O–H groups in total. The molecule has 1 aromatic rings. The molecule has 0 bridgehead atoms. The third-order valence-corrected chi connectivity index (χ3v) is 3.59. The molecule has 1 saturated carbocycles. The van der Waals surface area contributed by atoms with Crippen LogP contribution in [0.4, 0.5) is 0 Å². The van der Waals surface area contributed by atoms with Gasteiger partial charge in [0.1, 0.15) is 0 Å². The normalized spacial score (nSPS) is 28.2. The standard InChI is InChI=1S/C10H15BrN2/c1-13-7-9(6-12-13)4-8-2-3-10(11)5-8/h6-8,10H,2-5H2,1H3. The van der Waals surface area contributed by atoms with E-state index in [1.807, 2.05) is 17.9 Å². The zero-order chi connectivity index (χ0) is 9.26. The van der Waals surface area contributed by atoms with Crippen LogP contribution >= 0.6 is 15.9 Å². The molecule has 3 heteroatoms. The molecule has 0 radical (unpaired) electrons. The maximum Gasteiger partial charge on any atom is 0.0521 e. The summed E-state index contributed by atoms with van der Waals surface area (Å²) in [7, 11) is 1.98. The molecule has 0 amide bonds. The molecule has 0 aromatic carbocycles. The molecule has 72 valence electrons. The number of aromatic nitrogens is 2. The summed E-state index contributed by atoms with van der Waals surface area (Å²) >= 11 is 3.68. The quantitative estimate of drug-likeness (QED) is 0.730. The summed E-state index contributed by atoms with van der Waals surface area (Å²) in [6.07, 6.45) is 9.35. The average Bonchev–Trinajstić information content (AvgIpc) is 2.62. The van der Waals surface area contributed by atoms with Gasteiger partial charge < -0.3 is 0 Å². The molecular formula is C10H15BrN2. The Morgan fingerprint density at radius 2 is 2.46 bits per heavy atom. The zero-order valence-corrected chi connectivity index (χ0v) is 9.50. The Balaban J connectivity index is 1.91. The first-order chi connectivity index (χ1) is 6.24. The van der Waals surface area contributed by atoms with Crippen molar-refractivity contribution < 1.29 is 0 Å². The first kappa shape index (κ1) is 9.25. The Hall–Kier alpha value is -0.310. The summed E-state index contributed by atoms with van der Waals surface area (Å²) in [4.78, 5) is 0.758. The van der Waals surface area contributed by atoms with Gasteiger partial charge in [0.05, 0.1) is 6.20 Å². The number of hydrogen-bond acceptors (Lipinski definition) is 1. The molecule has 2 unspecified atom stereocenters. The minimum atomic E-state index is 0.758. The summed E-state index contributed by atoms with van der Waals surface area (Å²) in [6.45, 7) is 0. The van der Waals surface area contributed by atoms with Crippen LogP contribution in [0.1, 0.15) is 24.8 Å². The molecule has 1 aromatic heterocycles. The van der Waals surface area contributed by atoms with Gasteiger partial charge in [0.25, 0.3) is 0 Å². The summed E-state index contributed by atoms with van der Waals surface area (Å²) in [6, 6.07) is 0. The third-order valence-electron chi connectivity index (χ3n) is 2.76. The molecule has 1 heterocycles. The van der Waals surface area contributed by atoms with Crippen molar-refractivity contribution in [3.05, 3.63) is 18.0 Å². The molecule has 0 saturated heterocycles. The summed E-state index contributed by atoms with van der Waals surface area (Å²) < 4.78 is 1.88. The van der Waals surface area contributed by atoms with Gasteiger partial charge in [0.15, 0.2) is 0 Å². The predicted octanol–water partition coefficient (Wildman–Crippen LogP) is 2.53. The van der Waals surface area contributed by atoms with Crippen molar-refractivity contribution in [3.8, 4) is 0 Å². The third kappa shape index (κ3) is 2.33. The highest BCUT2D eigenvalue weighted by Crippen LogP contribution is 2.32. The van der Waals surface area contributed by atoms with Crippen LogP contribution in [0.5, 0.6) is 0 Å². The minimum Gasteiger partial charge on any atom is -0.276 e. The van der Waals surface area contributed by atoms with E-state index in [2.05, 4.69) is 27.2 Å².